The van der Waals surface area contributed by atoms with Crippen LogP contribution in [0.15, 0.2) is 29.5 Å². The number of hydrogen-bond acceptors (Lipinski definition) is 5. The first-order valence-electron chi connectivity index (χ1n) is 3.62. The van der Waals surface area contributed by atoms with Crippen molar-refractivity contribution in [1.82, 2.24) is 0 Å². The van der Waals surface area contributed by atoms with Crippen LogP contribution >= 0.6 is 0 Å². The Balaban J connectivity index is 3.29. The van der Waals surface area contributed by atoms with E-state index in [2.05, 4.69) is 0 Å². The molecule has 0 saturated carbocycles. The molecule has 1 unspecified atom stereocenters. The van der Waals surface area contributed by atoms with E-state index in [9.17, 15) is 23.3 Å². The van der Waals surface area contributed by atoms with Crippen LogP contribution in [-0.4, -0.2) is 29.1 Å². The molecule has 0 bridgehead atoms. The molecule has 0 aromatic heterocycles. The lowest BCUT2D eigenvalue weighted by Gasteiger charge is -2.10. The fourth-order valence-electron chi connectivity index (χ4n) is 1.03. The number of allylic oxidation sites excluding steroid dienone is 2. The second-order valence-electron chi connectivity index (χ2n) is 2.67. The van der Waals surface area contributed by atoms with Gasteiger partial charge in [0, 0.05) is 12.2 Å². The predicted octanol–water partition coefficient (Wildman–Crippen LogP) is -0.269. The van der Waals surface area contributed by atoms with E-state index >= 15 is 0 Å². The van der Waals surface area contributed by atoms with Crippen molar-refractivity contribution >= 4 is 16.1 Å². The highest BCUT2D eigenvalue weighted by Gasteiger charge is 2.30. The van der Waals surface area contributed by atoms with Gasteiger partial charge in [0.1, 0.15) is 11.2 Å². The molecule has 7 nitrogen and oxygen atoms in total. The van der Waals surface area contributed by atoms with Crippen molar-refractivity contribution in [2.75, 3.05) is 0 Å². The summed E-state index contributed by atoms with van der Waals surface area (Å²) in [5, 5.41) is 8.60. The quantitative estimate of drug-likeness (QED) is 0.303. The number of rotatable bonds is 2. The van der Waals surface area contributed by atoms with Gasteiger partial charge in [-0.3, -0.25) is 14.7 Å². The lowest BCUT2D eigenvalue weighted by atomic mass is 10.1. The van der Waals surface area contributed by atoms with Crippen LogP contribution in [0.1, 0.15) is 0 Å². The largest absolute Gasteiger partial charge is 0.285 e. The van der Waals surface area contributed by atoms with Gasteiger partial charge in [-0.1, -0.05) is 0 Å². The van der Waals surface area contributed by atoms with Crippen molar-refractivity contribution < 1.29 is 22.7 Å². The third-order valence-electron chi connectivity index (χ3n) is 1.71. The Morgan fingerprint density at radius 1 is 1.47 bits per heavy atom. The highest BCUT2D eigenvalue weighted by Crippen LogP contribution is 2.20. The smallest absolute Gasteiger partial charge is 0.276 e. The van der Waals surface area contributed by atoms with E-state index in [1.165, 1.54) is 5.94 Å². The summed E-state index contributed by atoms with van der Waals surface area (Å²) in [6, 6.07) is 0. The lowest BCUT2D eigenvalue weighted by Crippen LogP contribution is -2.23. The Bertz CT molecular complexity index is 508. The molecule has 1 rings (SSSR count). The second kappa shape index (κ2) is 3.77. The number of carbonyl (C=O) groups excluding carboxylic acids is 1. The van der Waals surface area contributed by atoms with E-state index < -0.39 is 26.0 Å². The van der Waals surface area contributed by atoms with E-state index in [1.54, 1.807) is 0 Å². The van der Waals surface area contributed by atoms with E-state index in [-0.39, 0.29) is 5.57 Å². The zero-order chi connectivity index (χ0) is 11.6. The molecule has 0 aromatic carbocycles. The maximum Gasteiger partial charge on any atom is 0.276 e. The van der Waals surface area contributed by atoms with Gasteiger partial charge < -0.3 is 0 Å². The summed E-state index contributed by atoms with van der Waals surface area (Å²) in [7, 11) is -4.59. The van der Waals surface area contributed by atoms with E-state index in [0.29, 0.717) is 6.08 Å². The molecule has 15 heavy (non-hydrogen) atoms. The van der Waals surface area contributed by atoms with Gasteiger partial charge in [-0.15, -0.1) is 0 Å². The van der Waals surface area contributed by atoms with Gasteiger partial charge in [0.25, 0.3) is 15.8 Å². The van der Waals surface area contributed by atoms with Gasteiger partial charge in [-0.2, -0.15) is 8.42 Å². The van der Waals surface area contributed by atoms with Crippen molar-refractivity contribution in [2.45, 2.75) is 5.25 Å². The zero-order valence-corrected chi connectivity index (χ0v) is 7.97. The monoisotopic (exact) mass is 231 g/mol. The molecule has 1 aliphatic rings. The van der Waals surface area contributed by atoms with Gasteiger partial charge in [0.2, 0.25) is 0 Å². The SMILES string of the molecule is O=C=C1C=CC([N+](=O)[O-])=CC1S(=O)(=O)O. The number of hydrogen-bond donors (Lipinski definition) is 1. The average molecular weight is 231 g/mol. The van der Waals surface area contributed by atoms with Crippen molar-refractivity contribution in [1.29, 1.82) is 0 Å². The highest BCUT2D eigenvalue weighted by molar-refractivity contribution is 7.86. The Hall–Kier alpha value is -1.76. The van der Waals surface area contributed by atoms with Gasteiger partial charge in [0.15, 0.2) is 0 Å². The maximum absolute atomic E-state index is 10.8. The molecular formula is C7H5NO6S. The van der Waals surface area contributed by atoms with Crippen LogP contribution in [0, 0.1) is 10.1 Å². The molecule has 0 amide bonds. The molecule has 0 spiro atoms. The first kappa shape index (κ1) is 11.3. The summed E-state index contributed by atoms with van der Waals surface area (Å²) >= 11 is 0. The Morgan fingerprint density at radius 2 is 2.07 bits per heavy atom. The van der Waals surface area contributed by atoms with Crippen LogP contribution in [0.3, 0.4) is 0 Å². The molecule has 80 valence electrons. The van der Waals surface area contributed by atoms with Crippen LogP contribution in [0.2, 0.25) is 0 Å². The Morgan fingerprint density at radius 3 is 2.47 bits per heavy atom. The van der Waals surface area contributed by atoms with Crippen LogP contribution < -0.4 is 0 Å². The minimum Gasteiger partial charge on any atom is -0.285 e. The zero-order valence-electron chi connectivity index (χ0n) is 7.15. The third-order valence-corrected chi connectivity index (χ3v) is 2.74. The second-order valence-corrected chi connectivity index (χ2v) is 4.21. The Kier molecular flexibility index (Phi) is 2.85. The summed E-state index contributed by atoms with van der Waals surface area (Å²) in [4.78, 5) is 19.8. The Labute approximate surface area is 84.3 Å². The lowest BCUT2D eigenvalue weighted by molar-refractivity contribution is -0.419. The van der Waals surface area contributed by atoms with Crippen molar-refractivity contribution in [3.63, 3.8) is 0 Å². The molecule has 1 N–H and O–H groups in total. The van der Waals surface area contributed by atoms with E-state index in [4.69, 9.17) is 4.55 Å². The predicted molar refractivity (Wildman–Crippen MR) is 48.8 cm³/mol. The molecule has 1 aliphatic carbocycles. The van der Waals surface area contributed by atoms with Crippen molar-refractivity contribution in [2.24, 2.45) is 0 Å². The summed E-state index contributed by atoms with van der Waals surface area (Å²) in [5.74, 6) is 1.29. The molecule has 0 heterocycles. The van der Waals surface area contributed by atoms with Gasteiger partial charge in [0.05, 0.1) is 10.5 Å². The molecule has 8 heteroatoms. The molecule has 0 fully saturated rings. The summed E-state index contributed by atoms with van der Waals surface area (Å²) in [5.41, 5.74) is -0.875. The topological polar surface area (TPSA) is 115 Å². The number of nitrogens with zero attached hydrogens (tertiary/aromatic N) is 1. The minimum absolute atomic E-state index is 0.372. The van der Waals surface area contributed by atoms with E-state index in [0.717, 1.165) is 12.2 Å². The molecule has 1 atom stereocenters. The first-order valence-corrected chi connectivity index (χ1v) is 5.12. The highest BCUT2D eigenvalue weighted by atomic mass is 32.2. The maximum atomic E-state index is 10.8. The van der Waals surface area contributed by atoms with E-state index in [1.807, 2.05) is 0 Å². The summed E-state index contributed by atoms with van der Waals surface area (Å²) < 4.78 is 30.3. The molecule has 0 aliphatic heterocycles. The molecule has 0 saturated heterocycles. The van der Waals surface area contributed by atoms with Crippen LogP contribution in [0.25, 0.3) is 0 Å². The fraction of sp³-hybridized carbons (Fsp3) is 0.143. The van der Waals surface area contributed by atoms with Crippen molar-refractivity contribution in [3.8, 4) is 0 Å². The van der Waals surface area contributed by atoms with Crippen LogP contribution in [-0.2, 0) is 14.9 Å². The van der Waals surface area contributed by atoms with Gasteiger partial charge >= 0.3 is 0 Å². The normalized spacial score (nSPS) is 20.7. The summed E-state index contributed by atoms with van der Waals surface area (Å²) in [6.45, 7) is 0. The molecule has 0 radical (unpaired) electrons. The average Bonchev–Trinajstić information content (AvgIpc) is 2.15. The third kappa shape index (κ3) is 2.38. The van der Waals surface area contributed by atoms with Crippen molar-refractivity contribution in [3.05, 3.63) is 39.6 Å². The number of nitro groups is 1. The first-order chi connectivity index (χ1) is 6.86. The van der Waals surface area contributed by atoms with Gasteiger partial charge in [-0.05, 0) is 6.08 Å². The summed E-state index contributed by atoms with van der Waals surface area (Å²) in [6.07, 6.45) is 2.57. The molecular weight excluding hydrogens is 226 g/mol. The standard InChI is InChI=1S/C7H5NO6S/c9-4-5-1-2-6(8(10)11)3-7(5)15(12,13)14/h1-3,7H,(H,12,13,14). The minimum atomic E-state index is -4.59. The molecule has 0 aromatic rings. The van der Waals surface area contributed by atoms with Gasteiger partial charge in [-0.25, -0.2) is 4.79 Å². The van der Waals surface area contributed by atoms with Crippen LogP contribution in [0.5, 0.6) is 0 Å². The fourth-order valence-corrected chi connectivity index (χ4v) is 1.79. The van der Waals surface area contributed by atoms with Crippen LogP contribution in [0.4, 0.5) is 0 Å².